The molecule has 0 atom stereocenters. The molecule has 4 aromatic rings. The van der Waals surface area contributed by atoms with Crippen molar-refractivity contribution < 1.29 is 46.1 Å². The molecular formula is C41H42Cl2I2Zr. The van der Waals surface area contributed by atoms with Crippen LogP contribution in [-0.2, 0) is 38.5 Å². The molecule has 0 radical (unpaired) electrons. The van der Waals surface area contributed by atoms with Crippen LogP contribution in [0.2, 0.25) is 0 Å². The molecule has 2 aliphatic rings. The van der Waals surface area contributed by atoms with E-state index in [-0.39, 0.29) is 35.6 Å². The smallest absolute Gasteiger partial charge is 1.00 e. The predicted molar refractivity (Wildman–Crippen MR) is 205 cm³/mol. The van der Waals surface area contributed by atoms with Crippen molar-refractivity contribution in [3.63, 3.8) is 0 Å². The maximum Gasteiger partial charge on any atom is -1.00 e. The van der Waals surface area contributed by atoms with Gasteiger partial charge in [0.15, 0.2) is 0 Å². The van der Waals surface area contributed by atoms with Crippen molar-refractivity contribution in [3.8, 4) is 11.1 Å². The van der Waals surface area contributed by atoms with Crippen molar-refractivity contribution in [2.45, 2.75) is 79.1 Å². The molecule has 0 spiro atoms. The molecule has 0 fully saturated rings. The molecule has 5 heteroatoms. The number of aryl methyl sites for hydroxylation is 1. The van der Waals surface area contributed by atoms with Crippen LogP contribution >= 0.6 is 45.2 Å². The van der Waals surface area contributed by atoms with E-state index in [2.05, 4.69) is 186 Å². The van der Waals surface area contributed by atoms with E-state index >= 15 is 0 Å². The summed E-state index contributed by atoms with van der Waals surface area (Å²) in [5.74, 6) is 0. The van der Waals surface area contributed by atoms with Gasteiger partial charge in [-0.25, -0.2) is 0 Å². The Balaban J connectivity index is 0.00000240. The Bertz CT molecular complexity index is 1830. The normalized spacial score (nSPS) is 13.2. The zero-order valence-corrected chi connectivity index (χ0v) is 36.3. The Morgan fingerprint density at radius 3 is 1.70 bits per heavy atom. The second-order valence-electron chi connectivity index (χ2n) is 14.5. The van der Waals surface area contributed by atoms with Crippen LogP contribution in [0.1, 0.15) is 92.5 Å². The van der Waals surface area contributed by atoms with Crippen LogP contribution < -0.4 is 28.1 Å². The average Bonchev–Trinajstić information content (AvgIpc) is 3.59. The van der Waals surface area contributed by atoms with E-state index in [9.17, 15) is 0 Å². The van der Waals surface area contributed by atoms with Crippen LogP contribution in [0.25, 0.3) is 11.1 Å². The van der Waals surface area contributed by atoms with Gasteiger partial charge in [-0.2, -0.15) is 0 Å². The first kappa shape index (κ1) is 38.0. The number of hydrogen-bond acceptors (Lipinski definition) is 0. The third-order valence-corrected chi connectivity index (χ3v) is 18.7. The van der Waals surface area contributed by atoms with E-state index in [1.165, 1.54) is 57.2 Å². The van der Waals surface area contributed by atoms with Gasteiger partial charge in [-0.15, -0.1) is 0 Å². The molecule has 46 heavy (non-hydrogen) atoms. The van der Waals surface area contributed by atoms with E-state index in [0.29, 0.717) is 0 Å². The van der Waals surface area contributed by atoms with Crippen LogP contribution in [0.4, 0.5) is 0 Å². The average molecular weight is 951 g/mol. The zero-order valence-electron chi connectivity index (χ0n) is 28.0. The monoisotopic (exact) mass is 948 g/mol. The second kappa shape index (κ2) is 14.6. The number of halogens is 4. The standard InChI is InChI=1S/C23H29.C13H8I2.C5H5.2ClH.Zr/c1-14-9-16-11-17-10-15(2)21(23(6,7)8)13-19(17)18(16)12-20(14)22(3,4)5;14-12-5-1-10(2-6-12)9-11-3-7-13(15)8-4-11;1-2-4-5-3-1;;;/h9,12-13H,11H2,1-8H3;1-8H;1-3H,4H2;2*1H;/q;;;;;+2/p-2. The van der Waals surface area contributed by atoms with Crippen molar-refractivity contribution in [1.82, 2.24) is 0 Å². The molecule has 0 nitrogen and oxygen atoms in total. The topological polar surface area (TPSA) is 0 Å². The Kier molecular flexibility index (Phi) is 12.0. The zero-order chi connectivity index (χ0) is 31.6. The van der Waals surface area contributed by atoms with Gasteiger partial charge >= 0.3 is 303 Å². The van der Waals surface area contributed by atoms with E-state index in [1.807, 2.05) is 0 Å². The minimum Gasteiger partial charge on any atom is -1.00 e. The molecule has 0 aliphatic heterocycles. The Morgan fingerprint density at radius 1 is 0.696 bits per heavy atom. The third kappa shape index (κ3) is 7.35. The van der Waals surface area contributed by atoms with Gasteiger partial charge in [0.25, 0.3) is 0 Å². The van der Waals surface area contributed by atoms with Crippen molar-refractivity contribution >= 4 is 51.7 Å². The molecule has 6 rings (SSSR count). The van der Waals surface area contributed by atoms with Crippen molar-refractivity contribution in [2.24, 2.45) is 0 Å². The maximum absolute atomic E-state index is 2.76. The summed E-state index contributed by atoms with van der Waals surface area (Å²) >= 11 is 2.12. The number of hydrogen-bond donors (Lipinski definition) is 0. The Morgan fingerprint density at radius 2 is 1.22 bits per heavy atom. The summed E-state index contributed by atoms with van der Waals surface area (Å²) in [7, 11) is 0. The maximum atomic E-state index is 2.58. The largest absolute Gasteiger partial charge is 1.00 e. The number of benzene rings is 4. The van der Waals surface area contributed by atoms with E-state index in [4.69, 9.17) is 0 Å². The van der Waals surface area contributed by atoms with Crippen molar-refractivity contribution in [2.75, 3.05) is 0 Å². The quantitative estimate of drug-likeness (QED) is 0.222. The van der Waals surface area contributed by atoms with E-state index < -0.39 is 21.3 Å². The SMILES string of the molecule is Cc1cc2c(cc1C(C)(C)C)-c1cc(C(C)(C)C)c(C)[c]([Zr+2]([C]3=CC=CC3)=[C](c3ccc(I)cc3)c3ccc(I)cc3)c1C2.[Cl-].[Cl-]. The first-order chi connectivity index (χ1) is 20.7. The van der Waals surface area contributed by atoms with Gasteiger partial charge in [0, 0.05) is 0 Å². The second-order valence-corrected chi connectivity index (χ2v) is 22.9. The van der Waals surface area contributed by atoms with Gasteiger partial charge in [-0.1, -0.05) is 0 Å². The van der Waals surface area contributed by atoms with Crippen LogP contribution in [0.5, 0.6) is 0 Å². The van der Waals surface area contributed by atoms with E-state index in [0.717, 1.165) is 12.8 Å². The summed E-state index contributed by atoms with van der Waals surface area (Å²) < 4.78 is 7.57. The fraction of sp³-hybridized carbons (Fsp3) is 0.293. The molecule has 238 valence electrons. The summed E-state index contributed by atoms with van der Waals surface area (Å²) in [6.07, 6.45) is 9.28. The number of fused-ring (bicyclic) bond motifs is 3. The molecule has 0 bridgehead atoms. The van der Waals surface area contributed by atoms with Crippen LogP contribution in [0.3, 0.4) is 0 Å². The summed E-state index contributed by atoms with van der Waals surface area (Å²) in [5.41, 5.74) is 14.9. The van der Waals surface area contributed by atoms with Gasteiger partial charge in [0.1, 0.15) is 0 Å². The van der Waals surface area contributed by atoms with Crippen molar-refractivity contribution in [1.29, 1.82) is 0 Å². The van der Waals surface area contributed by atoms with Crippen LogP contribution in [0, 0.1) is 21.0 Å². The molecule has 4 aromatic carbocycles. The molecule has 0 heterocycles. The molecule has 0 saturated carbocycles. The first-order valence-corrected chi connectivity index (χ1v) is 21.5. The van der Waals surface area contributed by atoms with Gasteiger partial charge in [0.05, 0.1) is 0 Å². The molecule has 0 aromatic heterocycles. The van der Waals surface area contributed by atoms with Gasteiger partial charge in [-0.3, -0.25) is 0 Å². The Hall–Kier alpha value is -0.847. The fourth-order valence-electron chi connectivity index (χ4n) is 7.31. The molecule has 2 aliphatic carbocycles. The summed E-state index contributed by atoms with van der Waals surface area (Å²) in [6.45, 7) is 19.0. The van der Waals surface area contributed by atoms with Crippen LogP contribution in [-0.4, -0.2) is 3.21 Å². The molecule has 0 N–H and O–H groups in total. The van der Waals surface area contributed by atoms with Gasteiger partial charge < -0.3 is 24.8 Å². The van der Waals surface area contributed by atoms with Gasteiger partial charge in [-0.05, 0) is 0 Å². The van der Waals surface area contributed by atoms with Gasteiger partial charge in [0.2, 0.25) is 0 Å². The fourth-order valence-corrected chi connectivity index (χ4v) is 16.4. The Labute approximate surface area is 324 Å². The molecule has 0 unspecified atom stereocenters. The molecule has 0 amide bonds. The minimum absolute atomic E-state index is 0. The molecular weight excluding hydrogens is 908 g/mol. The third-order valence-electron chi connectivity index (χ3n) is 9.28. The summed E-state index contributed by atoms with van der Waals surface area (Å²) in [6, 6.07) is 26.3. The first-order valence-electron chi connectivity index (χ1n) is 15.7. The van der Waals surface area contributed by atoms with E-state index in [1.54, 1.807) is 15.3 Å². The predicted octanol–water partition coefficient (Wildman–Crippen LogP) is 5.04. The number of rotatable bonds is 4. The van der Waals surface area contributed by atoms with Crippen LogP contribution in [0.15, 0.2) is 88.2 Å². The summed E-state index contributed by atoms with van der Waals surface area (Å²) in [4.78, 5) is 0. The summed E-state index contributed by atoms with van der Waals surface area (Å²) in [5, 5.41) is 0. The van der Waals surface area contributed by atoms with Crippen molar-refractivity contribution in [3.05, 3.63) is 140 Å². The minimum atomic E-state index is -2.76. The number of allylic oxidation sites excluding steroid dienone is 4. The molecule has 0 saturated heterocycles.